The molecule has 1 aromatic carbocycles. The zero-order valence-corrected chi connectivity index (χ0v) is 11.7. The lowest BCUT2D eigenvalue weighted by atomic mass is 9.82. The molecule has 0 unspecified atom stereocenters. The van der Waals surface area contributed by atoms with Crippen molar-refractivity contribution in [3.63, 3.8) is 0 Å². The molecule has 0 N–H and O–H groups in total. The lowest BCUT2D eigenvalue weighted by Crippen LogP contribution is -2.05. The highest BCUT2D eigenvalue weighted by Gasteiger charge is 2.17. The largest absolute Gasteiger partial charge is 0.261 e. The molecule has 1 aliphatic carbocycles. The Balaban J connectivity index is 1.84. The van der Waals surface area contributed by atoms with Crippen molar-refractivity contribution in [3.8, 4) is 0 Å². The Morgan fingerprint density at radius 3 is 2.60 bits per heavy atom. The number of aromatic nitrogens is 2. The Bertz CT molecular complexity index is 569. The molecule has 2 heteroatoms. The van der Waals surface area contributed by atoms with Crippen molar-refractivity contribution in [1.82, 2.24) is 9.97 Å². The van der Waals surface area contributed by atoms with E-state index in [2.05, 4.69) is 46.4 Å². The second kappa shape index (κ2) is 6.47. The highest BCUT2D eigenvalue weighted by molar-refractivity contribution is 5.69. The molecule has 1 aromatic heterocycles. The molecular weight excluding hydrogens is 244 g/mol. The van der Waals surface area contributed by atoms with Gasteiger partial charge in [-0.05, 0) is 36.0 Å². The number of hydrogen-bond donors (Lipinski definition) is 0. The second-order valence-electron chi connectivity index (χ2n) is 5.43. The van der Waals surface area contributed by atoms with E-state index in [1.165, 1.54) is 43.2 Å². The van der Waals surface area contributed by atoms with Crippen LogP contribution in [-0.2, 0) is 0 Å². The highest BCUT2D eigenvalue weighted by Crippen LogP contribution is 2.34. The maximum absolute atomic E-state index is 4.29. The SMILES string of the molecule is C(=Cc1ccccc1C1CCCCC1)c1cnccn1. The number of benzene rings is 1. The molecule has 2 nitrogen and oxygen atoms in total. The van der Waals surface area contributed by atoms with Gasteiger partial charge in [0.1, 0.15) is 0 Å². The fourth-order valence-corrected chi connectivity index (χ4v) is 3.02. The number of rotatable bonds is 3. The second-order valence-corrected chi connectivity index (χ2v) is 5.43. The molecule has 0 radical (unpaired) electrons. The molecule has 0 saturated heterocycles. The first-order valence-electron chi connectivity index (χ1n) is 7.46. The van der Waals surface area contributed by atoms with Crippen LogP contribution in [0, 0.1) is 0 Å². The van der Waals surface area contributed by atoms with Gasteiger partial charge in [0.25, 0.3) is 0 Å². The summed E-state index contributed by atoms with van der Waals surface area (Å²) >= 11 is 0. The standard InChI is InChI=1S/C18H20N2/c1-2-6-15(7-3-1)18-9-5-4-8-16(18)10-11-17-14-19-12-13-20-17/h4-5,8-15H,1-3,6-7H2. The Morgan fingerprint density at radius 1 is 0.950 bits per heavy atom. The molecule has 0 atom stereocenters. The molecule has 0 aliphatic heterocycles. The van der Waals surface area contributed by atoms with Crippen LogP contribution in [0.5, 0.6) is 0 Å². The van der Waals surface area contributed by atoms with Gasteiger partial charge in [-0.3, -0.25) is 9.97 Å². The van der Waals surface area contributed by atoms with Gasteiger partial charge < -0.3 is 0 Å². The highest BCUT2D eigenvalue weighted by atomic mass is 14.7. The monoisotopic (exact) mass is 264 g/mol. The van der Waals surface area contributed by atoms with Gasteiger partial charge in [0.05, 0.1) is 11.9 Å². The minimum Gasteiger partial charge on any atom is -0.261 e. The number of nitrogens with zero attached hydrogens (tertiary/aromatic N) is 2. The molecule has 0 spiro atoms. The summed E-state index contributed by atoms with van der Waals surface area (Å²) in [5.41, 5.74) is 3.73. The lowest BCUT2D eigenvalue weighted by Gasteiger charge is -2.23. The average molecular weight is 264 g/mol. The first-order chi connectivity index (χ1) is 9.93. The van der Waals surface area contributed by atoms with Crippen LogP contribution in [0.3, 0.4) is 0 Å². The van der Waals surface area contributed by atoms with Crippen LogP contribution in [0.4, 0.5) is 0 Å². The summed E-state index contributed by atoms with van der Waals surface area (Å²) in [6, 6.07) is 8.76. The third kappa shape index (κ3) is 3.13. The van der Waals surface area contributed by atoms with Crippen molar-refractivity contribution in [3.05, 3.63) is 59.7 Å². The van der Waals surface area contributed by atoms with E-state index in [9.17, 15) is 0 Å². The van der Waals surface area contributed by atoms with E-state index in [0.717, 1.165) is 11.6 Å². The Kier molecular flexibility index (Phi) is 4.22. The summed E-state index contributed by atoms with van der Waals surface area (Å²) in [7, 11) is 0. The first kappa shape index (κ1) is 13.0. The summed E-state index contributed by atoms with van der Waals surface area (Å²) in [6.45, 7) is 0. The van der Waals surface area contributed by atoms with E-state index in [1.54, 1.807) is 18.6 Å². The van der Waals surface area contributed by atoms with Crippen molar-refractivity contribution in [2.45, 2.75) is 38.0 Å². The van der Waals surface area contributed by atoms with Gasteiger partial charge in [-0.15, -0.1) is 0 Å². The van der Waals surface area contributed by atoms with Gasteiger partial charge in [0.15, 0.2) is 0 Å². The quantitative estimate of drug-likeness (QED) is 0.803. The van der Waals surface area contributed by atoms with Gasteiger partial charge >= 0.3 is 0 Å². The first-order valence-corrected chi connectivity index (χ1v) is 7.46. The molecule has 1 fully saturated rings. The molecule has 102 valence electrons. The summed E-state index contributed by atoms with van der Waals surface area (Å²) in [6.07, 6.45) is 16.2. The van der Waals surface area contributed by atoms with Gasteiger partial charge in [-0.2, -0.15) is 0 Å². The van der Waals surface area contributed by atoms with Crippen LogP contribution >= 0.6 is 0 Å². The number of hydrogen-bond acceptors (Lipinski definition) is 2. The molecule has 3 rings (SSSR count). The van der Waals surface area contributed by atoms with Gasteiger partial charge in [0, 0.05) is 12.4 Å². The zero-order valence-electron chi connectivity index (χ0n) is 11.7. The van der Waals surface area contributed by atoms with Gasteiger partial charge in [0.2, 0.25) is 0 Å². The topological polar surface area (TPSA) is 25.8 Å². The van der Waals surface area contributed by atoms with Crippen molar-refractivity contribution in [1.29, 1.82) is 0 Å². The molecule has 2 aromatic rings. The van der Waals surface area contributed by atoms with Crippen LogP contribution in [-0.4, -0.2) is 9.97 Å². The third-order valence-corrected chi connectivity index (χ3v) is 4.06. The van der Waals surface area contributed by atoms with Crippen LogP contribution in [0.15, 0.2) is 42.9 Å². The van der Waals surface area contributed by atoms with Gasteiger partial charge in [-0.25, -0.2) is 0 Å². The van der Waals surface area contributed by atoms with Crippen molar-refractivity contribution < 1.29 is 0 Å². The van der Waals surface area contributed by atoms with Crippen LogP contribution in [0.25, 0.3) is 12.2 Å². The maximum Gasteiger partial charge on any atom is 0.0813 e. The van der Waals surface area contributed by atoms with Crippen LogP contribution in [0.2, 0.25) is 0 Å². The molecule has 0 bridgehead atoms. The Labute approximate surface area is 120 Å². The van der Waals surface area contributed by atoms with Crippen molar-refractivity contribution >= 4 is 12.2 Å². The van der Waals surface area contributed by atoms with E-state index in [4.69, 9.17) is 0 Å². The molecule has 1 heterocycles. The van der Waals surface area contributed by atoms with E-state index in [0.29, 0.717) is 0 Å². The van der Waals surface area contributed by atoms with Crippen LogP contribution in [0.1, 0.15) is 54.8 Å². The molecule has 20 heavy (non-hydrogen) atoms. The van der Waals surface area contributed by atoms with Crippen molar-refractivity contribution in [2.24, 2.45) is 0 Å². The molecule has 1 aliphatic rings. The maximum atomic E-state index is 4.29. The van der Waals surface area contributed by atoms with Gasteiger partial charge in [-0.1, -0.05) is 49.6 Å². The summed E-state index contributed by atoms with van der Waals surface area (Å²) in [4.78, 5) is 8.38. The van der Waals surface area contributed by atoms with E-state index < -0.39 is 0 Å². The molecular formula is C18H20N2. The Morgan fingerprint density at radius 2 is 1.80 bits per heavy atom. The average Bonchev–Trinajstić information content (AvgIpc) is 2.55. The molecule has 1 saturated carbocycles. The fraction of sp³-hybridized carbons (Fsp3) is 0.333. The third-order valence-electron chi connectivity index (χ3n) is 4.06. The smallest absolute Gasteiger partial charge is 0.0813 e. The predicted molar refractivity (Wildman–Crippen MR) is 83.2 cm³/mol. The Hall–Kier alpha value is -1.96. The lowest BCUT2D eigenvalue weighted by molar-refractivity contribution is 0.443. The summed E-state index contributed by atoms with van der Waals surface area (Å²) in [5, 5.41) is 0. The molecule has 0 amide bonds. The van der Waals surface area contributed by atoms with E-state index in [1.807, 2.05) is 0 Å². The van der Waals surface area contributed by atoms with Crippen molar-refractivity contribution in [2.75, 3.05) is 0 Å². The van der Waals surface area contributed by atoms with E-state index in [-0.39, 0.29) is 0 Å². The minimum atomic E-state index is 0.728. The summed E-state index contributed by atoms with van der Waals surface area (Å²) < 4.78 is 0. The minimum absolute atomic E-state index is 0.728. The zero-order chi connectivity index (χ0) is 13.6. The summed E-state index contributed by atoms with van der Waals surface area (Å²) in [5.74, 6) is 0.728. The van der Waals surface area contributed by atoms with E-state index >= 15 is 0 Å². The predicted octanol–water partition coefficient (Wildman–Crippen LogP) is 4.69. The fourth-order valence-electron chi connectivity index (χ4n) is 3.02. The normalized spacial score (nSPS) is 16.6. The van der Waals surface area contributed by atoms with Crippen LogP contribution < -0.4 is 0 Å².